The highest BCUT2D eigenvalue weighted by Crippen LogP contribution is 2.17. The lowest BCUT2D eigenvalue weighted by molar-refractivity contribution is -0.118. The van der Waals surface area contributed by atoms with Crippen LogP contribution in [0.1, 0.15) is 13.8 Å². The lowest BCUT2D eigenvalue weighted by Gasteiger charge is -2.09. The van der Waals surface area contributed by atoms with Crippen molar-refractivity contribution in [1.82, 2.24) is 5.32 Å². The molecule has 0 heterocycles. The third-order valence-electron chi connectivity index (χ3n) is 2.28. The van der Waals surface area contributed by atoms with E-state index < -0.39 is 27.3 Å². The third kappa shape index (κ3) is 4.86. The molecule has 0 radical (unpaired) electrons. The van der Waals surface area contributed by atoms with Gasteiger partial charge in [-0.1, -0.05) is 13.8 Å². The van der Waals surface area contributed by atoms with Crippen molar-refractivity contribution in [3.05, 3.63) is 24.0 Å². The maximum Gasteiger partial charge on any atom is 0.235 e. The van der Waals surface area contributed by atoms with Gasteiger partial charge in [0.2, 0.25) is 5.91 Å². The number of amides is 1. The molecular weight excluding hydrogens is 271 g/mol. The smallest absolute Gasteiger partial charge is 0.235 e. The number of nitrogen functional groups attached to an aromatic ring is 1. The van der Waals surface area contributed by atoms with E-state index in [0.29, 0.717) is 6.54 Å². The fourth-order valence-corrected chi connectivity index (χ4v) is 2.61. The van der Waals surface area contributed by atoms with Gasteiger partial charge in [-0.25, -0.2) is 12.8 Å². The summed E-state index contributed by atoms with van der Waals surface area (Å²) >= 11 is 0. The molecule has 1 aromatic carbocycles. The zero-order chi connectivity index (χ0) is 14.6. The number of nitrogens with two attached hydrogens (primary N) is 1. The SMILES string of the molecule is CC(C)CNC(=O)CS(=O)(=O)c1cc(N)cc(F)c1. The molecule has 106 valence electrons. The van der Waals surface area contributed by atoms with E-state index in [2.05, 4.69) is 5.32 Å². The Labute approximate surface area is 111 Å². The first-order valence-corrected chi connectivity index (χ1v) is 7.41. The van der Waals surface area contributed by atoms with Crippen LogP contribution in [0.3, 0.4) is 0 Å². The molecule has 1 amide bonds. The molecule has 7 heteroatoms. The van der Waals surface area contributed by atoms with Crippen LogP contribution in [0.25, 0.3) is 0 Å². The molecule has 19 heavy (non-hydrogen) atoms. The molecule has 0 bridgehead atoms. The molecule has 5 nitrogen and oxygen atoms in total. The average molecular weight is 288 g/mol. The summed E-state index contributed by atoms with van der Waals surface area (Å²) in [6.45, 7) is 4.17. The molecule has 0 unspecified atom stereocenters. The van der Waals surface area contributed by atoms with Crippen LogP contribution in [-0.2, 0) is 14.6 Å². The lowest BCUT2D eigenvalue weighted by atomic mass is 10.2. The first-order valence-electron chi connectivity index (χ1n) is 5.76. The Hall–Kier alpha value is -1.63. The lowest BCUT2D eigenvalue weighted by Crippen LogP contribution is -2.32. The Bertz CT molecular complexity index is 550. The molecule has 0 aromatic heterocycles. The molecule has 0 fully saturated rings. The highest BCUT2D eigenvalue weighted by atomic mass is 32.2. The number of carbonyl (C=O) groups excluding carboxylic acids is 1. The van der Waals surface area contributed by atoms with Crippen molar-refractivity contribution in [2.75, 3.05) is 18.0 Å². The van der Waals surface area contributed by atoms with Crippen molar-refractivity contribution in [2.24, 2.45) is 5.92 Å². The Morgan fingerprint density at radius 3 is 2.53 bits per heavy atom. The second-order valence-electron chi connectivity index (χ2n) is 4.68. The maximum absolute atomic E-state index is 13.1. The van der Waals surface area contributed by atoms with Gasteiger partial charge in [0.1, 0.15) is 11.6 Å². The normalized spacial score (nSPS) is 11.6. The van der Waals surface area contributed by atoms with Gasteiger partial charge in [-0.05, 0) is 24.1 Å². The number of carbonyl (C=O) groups is 1. The van der Waals surface area contributed by atoms with Crippen LogP contribution < -0.4 is 11.1 Å². The summed E-state index contributed by atoms with van der Waals surface area (Å²) in [5.74, 6) is -1.86. The summed E-state index contributed by atoms with van der Waals surface area (Å²) in [5, 5.41) is 2.49. The summed E-state index contributed by atoms with van der Waals surface area (Å²) in [4.78, 5) is 11.2. The van der Waals surface area contributed by atoms with Gasteiger partial charge in [-0.2, -0.15) is 0 Å². The third-order valence-corrected chi connectivity index (χ3v) is 3.88. The number of rotatable bonds is 5. The predicted octanol–water partition coefficient (Wildman–Crippen LogP) is 0.954. The van der Waals surface area contributed by atoms with Crippen molar-refractivity contribution >= 4 is 21.4 Å². The van der Waals surface area contributed by atoms with E-state index in [-0.39, 0.29) is 16.5 Å². The number of nitrogens with one attached hydrogen (secondary N) is 1. The number of halogens is 1. The monoisotopic (exact) mass is 288 g/mol. The summed E-state index contributed by atoms with van der Waals surface area (Å²) in [7, 11) is -3.88. The van der Waals surface area contributed by atoms with Crippen molar-refractivity contribution in [1.29, 1.82) is 0 Å². The predicted molar refractivity (Wildman–Crippen MR) is 70.7 cm³/mol. The first-order chi connectivity index (χ1) is 8.70. The van der Waals surface area contributed by atoms with E-state index in [9.17, 15) is 17.6 Å². The van der Waals surface area contributed by atoms with Crippen molar-refractivity contribution in [3.8, 4) is 0 Å². The van der Waals surface area contributed by atoms with Gasteiger partial charge >= 0.3 is 0 Å². The van der Waals surface area contributed by atoms with Gasteiger partial charge in [0.25, 0.3) is 0 Å². The zero-order valence-corrected chi connectivity index (χ0v) is 11.6. The Kier molecular flexibility index (Phi) is 4.88. The van der Waals surface area contributed by atoms with Gasteiger partial charge in [-0.3, -0.25) is 4.79 Å². The molecular formula is C12H17FN2O3S. The van der Waals surface area contributed by atoms with Crippen LogP contribution in [0.2, 0.25) is 0 Å². The van der Waals surface area contributed by atoms with Crippen LogP contribution in [-0.4, -0.2) is 26.6 Å². The standard InChI is InChI=1S/C12H17FN2O3S/c1-8(2)6-15-12(16)7-19(17,18)11-4-9(13)3-10(14)5-11/h3-5,8H,6-7,14H2,1-2H3,(H,15,16). The molecule has 1 aromatic rings. The molecule has 0 atom stereocenters. The van der Waals surface area contributed by atoms with Crippen molar-refractivity contribution in [2.45, 2.75) is 18.7 Å². The van der Waals surface area contributed by atoms with E-state index in [4.69, 9.17) is 5.73 Å². The van der Waals surface area contributed by atoms with Crippen LogP contribution >= 0.6 is 0 Å². The summed E-state index contributed by atoms with van der Waals surface area (Å²) in [5.41, 5.74) is 5.38. The fraction of sp³-hybridized carbons (Fsp3) is 0.417. The van der Waals surface area contributed by atoms with Gasteiger partial charge in [0, 0.05) is 12.2 Å². The molecule has 3 N–H and O–H groups in total. The first kappa shape index (κ1) is 15.4. The number of sulfone groups is 1. The van der Waals surface area contributed by atoms with Crippen LogP contribution in [0.15, 0.2) is 23.1 Å². The molecule has 0 aliphatic rings. The van der Waals surface area contributed by atoms with E-state index in [1.54, 1.807) is 0 Å². The van der Waals surface area contributed by atoms with E-state index in [0.717, 1.165) is 18.2 Å². The minimum absolute atomic E-state index is 0.00108. The average Bonchev–Trinajstić information content (AvgIpc) is 2.24. The molecule has 0 aliphatic heterocycles. The minimum atomic E-state index is -3.88. The van der Waals surface area contributed by atoms with E-state index in [1.165, 1.54) is 0 Å². The Balaban J connectivity index is 2.83. The van der Waals surface area contributed by atoms with Crippen molar-refractivity contribution < 1.29 is 17.6 Å². The number of anilines is 1. The van der Waals surface area contributed by atoms with Gasteiger partial charge in [0.05, 0.1) is 4.90 Å². The Morgan fingerprint density at radius 1 is 1.37 bits per heavy atom. The Morgan fingerprint density at radius 2 is 2.00 bits per heavy atom. The van der Waals surface area contributed by atoms with Crippen LogP contribution in [0, 0.1) is 11.7 Å². The number of hydrogen-bond donors (Lipinski definition) is 2. The van der Waals surface area contributed by atoms with Gasteiger partial charge in [0.15, 0.2) is 9.84 Å². The molecule has 0 saturated carbocycles. The van der Waals surface area contributed by atoms with Gasteiger partial charge in [-0.15, -0.1) is 0 Å². The number of hydrogen-bond acceptors (Lipinski definition) is 4. The largest absolute Gasteiger partial charge is 0.399 e. The fourth-order valence-electron chi connectivity index (χ4n) is 1.39. The second kappa shape index (κ2) is 6.01. The molecule has 0 aliphatic carbocycles. The number of benzene rings is 1. The zero-order valence-electron chi connectivity index (χ0n) is 10.8. The van der Waals surface area contributed by atoms with E-state index in [1.807, 2.05) is 13.8 Å². The highest BCUT2D eigenvalue weighted by molar-refractivity contribution is 7.92. The molecule has 0 spiro atoms. The van der Waals surface area contributed by atoms with Crippen LogP contribution in [0.4, 0.5) is 10.1 Å². The van der Waals surface area contributed by atoms with Crippen molar-refractivity contribution in [3.63, 3.8) is 0 Å². The second-order valence-corrected chi connectivity index (χ2v) is 6.67. The maximum atomic E-state index is 13.1. The molecule has 1 rings (SSSR count). The van der Waals surface area contributed by atoms with Gasteiger partial charge < -0.3 is 11.1 Å². The highest BCUT2D eigenvalue weighted by Gasteiger charge is 2.20. The quantitative estimate of drug-likeness (QED) is 0.790. The summed E-state index contributed by atoms with van der Waals surface area (Å²) in [6.07, 6.45) is 0. The summed E-state index contributed by atoms with van der Waals surface area (Å²) < 4.78 is 36.9. The van der Waals surface area contributed by atoms with E-state index >= 15 is 0 Å². The summed E-state index contributed by atoms with van der Waals surface area (Å²) in [6, 6.07) is 2.99. The minimum Gasteiger partial charge on any atom is -0.399 e. The topological polar surface area (TPSA) is 89.3 Å². The van der Waals surface area contributed by atoms with Crippen LogP contribution in [0.5, 0.6) is 0 Å². The molecule has 0 saturated heterocycles.